The maximum atomic E-state index is 12.3. The molecule has 2 aromatic carbocycles. The molecule has 3 rings (SSSR count). The Morgan fingerprint density at radius 3 is 2.20 bits per heavy atom. The van der Waals surface area contributed by atoms with E-state index in [-0.39, 0.29) is 11.9 Å². The third kappa shape index (κ3) is 3.69. The van der Waals surface area contributed by atoms with Crippen LogP contribution < -0.4 is 9.47 Å². The SMILES string of the molecule is C=C/C=C(\C=C)C(=O)Oc1cccc2cccc(OC(=O)C3CC3)c12. The van der Waals surface area contributed by atoms with Gasteiger partial charge in [-0.3, -0.25) is 4.79 Å². The molecule has 0 heterocycles. The zero-order valence-corrected chi connectivity index (χ0v) is 13.7. The molecule has 0 aromatic heterocycles. The Labute approximate surface area is 146 Å². The number of fused-ring (bicyclic) bond motifs is 1. The van der Waals surface area contributed by atoms with E-state index in [4.69, 9.17) is 9.47 Å². The van der Waals surface area contributed by atoms with Gasteiger partial charge in [0.2, 0.25) is 0 Å². The number of hydrogen-bond donors (Lipinski definition) is 0. The zero-order chi connectivity index (χ0) is 17.8. The summed E-state index contributed by atoms with van der Waals surface area (Å²) in [7, 11) is 0. The first-order valence-corrected chi connectivity index (χ1v) is 8.05. The van der Waals surface area contributed by atoms with E-state index in [0.29, 0.717) is 22.5 Å². The number of benzene rings is 2. The highest BCUT2D eigenvalue weighted by molar-refractivity contribution is 5.99. The fraction of sp³-hybridized carbons (Fsp3) is 0.143. The van der Waals surface area contributed by atoms with Gasteiger partial charge in [-0.1, -0.05) is 49.6 Å². The number of ether oxygens (including phenoxy) is 2. The zero-order valence-electron chi connectivity index (χ0n) is 13.7. The average Bonchev–Trinajstić information content (AvgIpc) is 3.45. The van der Waals surface area contributed by atoms with Gasteiger partial charge in [-0.05, 0) is 36.4 Å². The summed E-state index contributed by atoms with van der Waals surface area (Å²) >= 11 is 0. The van der Waals surface area contributed by atoms with Crippen LogP contribution in [-0.4, -0.2) is 11.9 Å². The molecular weight excluding hydrogens is 316 g/mol. The van der Waals surface area contributed by atoms with Crippen molar-refractivity contribution in [3.8, 4) is 11.5 Å². The molecule has 0 amide bonds. The molecule has 0 bridgehead atoms. The maximum absolute atomic E-state index is 12.3. The topological polar surface area (TPSA) is 52.6 Å². The molecule has 2 aromatic rings. The summed E-state index contributed by atoms with van der Waals surface area (Å²) in [5.74, 6) is -0.0882. The second kappa shape index (κ2) is 7.18. The molecule has 0 radical (unpaired) electrons. The average molecular weight is 334 g/mol. The second-order valence-electron chi connectivity index (χ2n) is 5.76. The minimum atomic E-state index is -0.550. The molecule has 4 nitrogen and oxygen atoms in total. The Morgan fingerprint density at radius 1 is 1.00 bits per heavy atom. The minimum Gasteiger partial charge on any atom is -0.426 e. The van der Waals surface area contributed by atoms with Crippen molar-refractivity contribution in [2.75, 3.05) is 0 Å². The van der Waals surface area contributed by atoms with Gasteiger partial charge in [0, 0.05) is 0 Å². The predicted molar refractivity (Wildman–Crippen MR) is 96.4 cm³/mol. The number of carbonyl (C=O) groups excluding carboxylic acids is 2. The van der Waals surface area contributed by atoms with Gasteiger partial charge in [0.05, 0.1) is 16.9 Å². The number of esters is 2. The van der Waals surface area contributed by atoms with Crippen LogP contribution in [0.2, 0.25) is 0 Å². The number of carbonyl (C=O) groups is 2. The quantitative estimate of drug-likeness (QED) is 0.341. The molecule has 1 aliphatic rings. The summed E-state index contributed by atoms with van der Waals surface area (Å²) < 4.78 is 11.0. The first kappa shape index (κ1) is 16.7. The molecule has 0 N–H and O–H groups in total. The van der Waals surface area contributed by atoms with Crippen molar-refractivity contribution in [1.82, 2.24) is 0 Å². The highest BCUT2D eigenvalue weighted by Gasteiger charge is 2.32. The van der Waals surface area contributed by atoms with Crippen LogP contribution >= 0.6 is 0 Å². The van der Waals surface area contributed by atoms with Crippen LogP contribution in [0.15, 0.2) is 73.4 Å². The second-order valence-corrected chi connectivity index (χ2v) is 5.76. The summed E-state index contributed by atoms with van der Waals surface area (Å²) in [6, 6.07) is 10.7. The normalized spacial score (nSPS) is 14.0. The summed E-state index contributed by atoms with van der Waals surface area (Å²) in [6.45, 7) is 7.17. The molecule has 25 heavy (non-hydrogen) atoms. The largest absolute Gasteiger partial charge is 0.426 e. The van der Waals surface area contributed by atoms with Crippen LogP contribution in [0.1, 0.15) is 12.8 Å². The monoisotopic (exact) mass is 334 g/mol. The van der Waals surface area contributed by atoms with E-state index < -0.39 is 5.97 Å². The summed E-state index contributed by atoms with van der Waals surface area (Å²) in [5, 5.41) is 1.41. The predicted octanol–water partition coefficient (Wildman–Crippen LogP) is 4.36. The molecule has 0 spiro atoms. The fourth-order valence-electron chi connectivity index (χ4n) is 2.46. The molecule has 126 valence electrons. The standard InChI is InChI=1S/C21H18O4/c1-3-7-14(4-2)20(22)24-17-10-5-8-15-9-6-11-18(19(15)17)25-21(23)16-12-13-16/h3-11,16H,1-2,12-13H2/b14-7+. The molecule has 0 aliphatic heterocycles. The lowest BCUT2D eigenvalue weighted by Crippen LogP contribution is -2.12. The van der Waals surface area contributed by atoms with Crippen molar-refractivity contribution < 1.29 is 19.1 Å². The van der Waals surface area contributed by atoms with Gasteiger partial charge in [-0.15, -0.1) is 0 Å². The molecule has 0 atom stereocenters. The van der Waals surface area contributed by atoms with E-state index >= 15 is 0 Å². The maximum Gasteiger partial charge on any atom is 0.343 e. The van der Waals surface area contributed by atoms with Crippen LogP contribution in [0.25, 0.3) is 10.8 Å². The molecular formula is C21H18O4. The van der Waals surface area contributed by atoms with Crippen molar-refractivity contribution in [2.24, 2.45) is 5.92 Å². The first-order valence-electron chi connectivity index (χ1n) is 8.05. The van der Waals surface area contributed by atoms with E-state index in [1.165, 1.54) is 18.2 Å². The minimum absolute atomic E-state index is 0.0205. The highest BCUT2D eigenvalue weighted by atomic mass is 16.5. The van der Waals surface area contributed by atoms with E-state index in [1.54, 1.807) is 24.3 Å². The molecule has 4 heteroatoms. The highest BCUT2D eigenvalue weighted by Crippen LogP contribution is 2.37. The van der Waals surface area contributed by atoms with E-state index in [9.17, 15) is 9.59 Å². The van der Waals surface area contributed by atoms with E-state index in [2.05, 4.69) is 13.2 Å². The van der Waals surface area contributed by atoms with Crippen molar-refractivity contribution in [1.29, 1.82) is 0 Å². The van der Waals surface area contributed by atoms with Crippen LogP contribution in [0.4, 0.5) is 0 Å². The van der Waals surface area contributed by atoms with E-state index in [1.807, 2.05) is 12.1 Å². The van der Waals surface area contributed by atoms with Crippen molar-refractivity contribution in [2.45, 2.75) is 12.8 Å². The lowest BCUT2D eigenvalue weighted by Gasteiger charge is -2.12. The van der Waals surface area contributed by atoms with Crippen LogP contribution in [0.5, 0.6) is 11.5 Å². The molecule has 0 unspecified atom stereocenters. The summed E-state index contributed by atoms with van der Waals surface area (Å²) in [5.41, 5.74) is 0.291. The lowest BCUT2D eigenvalue weighted by atomic mass is 10.1. The Bertz CT molecular complexity index is 883. The third-order valence-corrected chi connectivity index (χ3v) is 3.91. The van der Waals surface area contributed by atoms with E-state index in [0.717, 1.165) is 18.2 Å². The Balaban J connectivity index is 1.98. The Kier molecular flexibility index (Phi) is 4.80. The first-order chi connectivity index (χ1) is 12.1. The van der Waals surface area contributed by atoms with Crippen LogP contribution in [-0.2, 0) is 9.59 Å². The molecule has 0 saturated heterocycles. The number of rotatable bonds is 6. The van der Waals surface area contributed by atoms with Gasteiger partial charge in [-0.2, -0.15) is 0 Å². The van der Waals surface area contributed by atoms with Crippen LogP contribution in [0.3, 0.4) is 0 Å². The molecule has 1 fully saturated rings. The summed E-state index contributed by atoms with van der Waals surface area (Å²) in [6.07, 6.45) is 6.14. The number of allylic oxidation sites excluding steroid dienone is 2. The van der Waals surface area contributed by atoms with Crippen molar-refractivity contribution in [3.63, 3.8) is 0 Å². The fourth-order valence-corrected chi connectivity index (χ4v) is 2.46. The van der Waals surface area contributed by atoms with Gasteiger partial charge >= 0.3 is 11.9 Å². The third-order valence-electron chi connectivity index (χ3n) is 3.91. The Hall–Kier alpha value is -3.14. The van der Waals surface area contributed by atoms with Crippen molar-refractivity contribution >= 4 is 22.7 Å². The molecule has 1 aliphatic carbocycles. The lowest BCUT2D eigenvalue weighted by molar-refractivity contribution is -0.135. The van der Waals surface area contributed by atoms with Crippen LogP contribution in [0, 0.1) is 5.92 Å². The van der Waals surface area contributed by atoms with Gasteiger partial charge in [0.25, 0.3) is 0 Å². The summed E-state index contributed by atoms with van der Waals surface area (Å²) in [4.78, 5) is 24.3. The van der Waals surface area contributed by atoms with Gasteiger partial charge in [-0.25, -0.2) is 4.79 Å². The van der Waals surface area contributed by atoms with Gasteiger partial charge in [0.15, 0.2) is 0 Å². The van der Waals surface area contributed by atoms with Gasteiger partial charge < -0.3 is 9.47 Å². The van der Waals surface area contributed by atoms with Gasteiger partial charge in [0.1, 0.15) is 11.5 Å². The molecule has 1 saturated carbocycles. The Morgan fingerprint density at radius 2 is 1.64 bits per heavy atom. The smallest absolute Gasteiger partial charge is 0.343 e. The number of hydrogen-bond acceptors (Lipinski definition) is 4. The van der Waals surface area contributed by atoms with Crippen molar-refractivity contribution in [3.05, 3.63) is 73.4 Å².